The quantitative estimate of drug-likeness (QED) is 0.613. The van der Waals surface area contributed by atoms with Gasteiger partial charge in [0, 0.05) is 30.0 Å². The molecule has 0 aromatic heterocycles. The second kappa shape index (κ2) is 6.69. The molecule has 0 bridgehead atoms. The number of nitrogens with zero attached hydrogens (tertiary/aromatic N) is 3. The molecule has 120 valence electrons. The van der Waals surface area contributed by atoms with Crippen molar-refractivity contribution in [3.8, 4) is 0 Å². The number of benzene rings is 1. The van der Waals surface area contributed by atoms with Gasteiger partial charge in [0.25, 0.3) is 5.69 Å². The van der Waals surface area contributed by atoms with Gasteiger partial charge >= 0.3 is 0 Å². The fourth-order valence-corrected chi connectivity index (χ4v) is 4.04. The van der Waals surface area contributed by atoms with Crippen LogP contribution in [-0.4, -0.2) is 33.8 Å². The zero-order valence-electron chi connectivity index (χ0n) is 13.8. The van der Waals surface area contributed by atoms with E-state index >= 15 is 0 Å². The second-order valence-electron chi connectivity index (χ2n) is 6.28. The Bertz CT molecular complexity index is 590. The van der Waals surface area contributed by atoms with Crippen molar-refractivity contribution in [3.05, 3.63) is 33.4 Å². The molecule has 1 saturated heterocycles. The maximum absolute atomic E-state index is 11.1. The normalized spacial score (nSPS) is 20.2. The summed E-state index contributed by atoms with van der Waals surface area (Å²) in [5, 5.41) is 12.1. The van der Waals surface area contributed by atoms with Crippen molar-refractivity contribution in [1.29, 1.82) is 0 Å². The summed E-state index contributed by atoms with van der Waals surface area (Å²) in [6.07, 6.45) is 1.15. The summed E-state index contributed by atoms with van der Waals surface area (Å²) in [4.78, 5) is 17.7. The van der Waals surface area contributed by atoms with E-state index in [1.807, 2.05) is 0 Å². The standard InChI is InChI=1S/C16H23N3O2S/c1-10(2)6-14-9-22-16(18(14)5)17-13-7-11(3)15(19(20)21)12(4)8-13/h7-8,10,14H,6,9H2,1-5H3. The van der Waals surface area contributed by atoms with E-state index in [9.17, 15) is 10.1 Å². The Balaban J connectivity index is 2.25. The second-order valence-corrected chi connectivity index (χ2v) is 7.27. The molecule has 1 aromatic carbocycles. The van der Waals surface area contributed by atoms with E-state index in [1.165, 1.54) is 0 Å². The number of rotatable bonds is 4. The third kappa shape index (κ3) is 3.61. The number of nitro groups is 1. The van der Waals surface area contributed by atoms with Gasteiger partial charge in [-0.25, -0.2) is 4.99 Å². The van der Waals surface area contributed by atoms with Crippen molar-refractivity contribution < 1.29 is 4.92 Å². The monoisotopic (exact) mass is 321 g/mol. The largest absolute Gasteiger partial charge is 0.350 e. The Morgan fingerprint density at radius 1 is 1.41 bits per heavy atom. The number of hydrogen-bond donors (Lipinski definition) is 0. The van der Waals surface area contributed by atoms with Crippen molar-refractivity contribution in [2.45, 2.75) is 40.2 Å². The highest BCUT2D eigenvalue weighted by Crippen LogP contribution is 2.32. The van der Waals surface area contributed by atoms with Gasteiger partial charge in [-0.05, 0) is 38.3 Å². The molecule has 1 aliphatic rings. The Hall–Kier alpha value is -1.56. The molecule has 0 saturated carbocycles. The van der Waals surface area contributed by atoms with Crippen LogP contribution < -0.4 is 0 Å². The average Bonchev–Trinajstić information content (AvgIpc) is 2.69. The lowest BCUT2D eigenvalue weighted by atomic mass is 10.0. The summed E-state index contributed by atoms with van der Waals surface area (Å²) in [5.74, 6) is 1.72. The van der Waals surface area contributed by atoms with Gasteiger partial charge in [-0.1, -0.05) is 25.6 Å². The summed E-state index contributed by atoms with van der Waals surface area (Å²) in [6, 6.07) is 4.11. The van der Waals surface area contributed by atoms with E-state index in [4.69, 9.17) is 4.99 Å². The summed E-state index contributed by atoms with van der Waals surface area (Å²) in [6.45, 7) is 8.00. The first-order valence-electron chi connectivity index (χ1n) is 7.49. The fraction of sp³-hybridized carbons (Fsp3) is 0.562. The van der Waals surface area contributed by atoms with E-state index in [1.54, 1.807) is 37.7 Å². The predicted octanol–water partition coefficient (Wildman–Crippen LogP) is 4.29. The summed E-state index contributed by atoms with van der Waals surface area (Å²) >= 11 is 1.76. The van der Waals surface area contributed by atoms with E-state index in [2.05, 4.69) is 25.8 Å². The van der Waals surface area contributed by atoms with Gasteiger partial charge in [-0.3, -0.25) is 10.1 Å². The third-order valence-corrected chi connectivity index (χ3v) is 5.07. The lowest BCUT2D eigenvalue weighted by molar-refractivity contribution is -0.386. The van der Waals surface area contributed by atoms with Crippen LogP contribution in [0.5, 0.6) is 0 Å². The summed E-state index contributed by atoms with van der Waals surface area (Å²) < 4.78 is 0. The minimum atomic E-state index is -0.323. The molecule has 22 heavy (non-hydrogen) atoms. The first-order chi connectivity index (χ1) is 10.3. The molecule has 0 aliphatic carbocycles. The maximum Gasteiger partial charge on any atom is 0.275 e. The highest BCUT2D eigenvalue weighted by molar-refractivity contribution is 8.14. The maximum atomic E-state index is 11.1. The average molecular weight is 321 g/mol. The first kappa shape index (κ1) is 16.8. The molecule has 1 aliphatic heterocycles. The van der Waals surface area contributed by atoms with Crippen LogP contribution in [0.15, 0.2) is 17.1 Å². The molecule has 6 heteroatoms. The van der Waals surface area contributed by atoms with Crippen LogP contribution in [0.2, 0.25) is 0 Å². The molecular formula is C16H23N3O2S. The Labute approximate surface area is 136 Å². The van der Waals surface area contributed by atoms with Gasteiger partial charge in [0.15, 0.2) is 5.17 Å². The summed E-state index contributed by atoms with van der Waals surface area (Å²) in [5.41, 5.74) is 2.30. The minimum Gasteiger partial charge on any atom is -0.350 e. The van der Waals surface area contributed by atoms with Crippen LogP contribution in [0.4, 0.5) is 11.4 Å². The van der Waals surface area contributed by atoms with E-state index in [-0.39, 0.29) is 10.6 Å². The van der Waals surface area contributed by atoms with Crippen molar-refractivity contribution >= 4 is 28.3 Å². The smallest absolute Gasteiger partial charge is 0.275 e. The minimum absolute atomic E-state index is 0.189. The summed E-state index contributed by atoms with van der Waals surface area (Å²) in [7, 11) is 2.08. The topological polar surface area (TPSA) is 58.7 Å². The lowest BCUT2D eigenvalue weighted by Crippen LogP contribution is -2.30. The van der Waals surface area contributed by atoms with Crippen LogP contribution in [0.1, 0.15) is 31.4 Å². The molecule has 1 atom stereocenters. The Morgan fingerprint density at radius 2 is 2.00 bits per heavy atom. The first-order valence-corrected chi connectivity index (χ1v) is 8.48. The van der Waals surface area contributed by atoms with Gasteiger partial charge in [0.1, 0.15) is 0 Å². The zero-order chi connectivity index (χ0) is 16.4. The molecular weight excluding hydrogens is 298 g/mol. The van der Waals surface area contributed by atoms with Crippen molar-refractivity contribution in [2.24, 2.45) is 10.9 Å². The third-order valence-electron chi connectivity index (χ3n) is 3.88. The van der Waals surface area contributed by atoms with Crippen LogP contribution in [-0.2, 0) is 0 Å². The fourth-order valence-electron chi connectivity index (χ4n) is 2.82. The SMILES string of the molecule is Cc1cc(N=C2SCC(CC(C)C)N2C)cc(C)c1[N+](=O)[O-]. The number of nitro benzene ring substituents is 1. The van der Waals surface area contributed by atoms with Crippen LogP contribution in [0.25, 0.3) is 0 Å². The lowest BCUT2D eigenvalue weighted by Gasteiger charge is -2.22. The van der Waals surface area contributed by atoms with E-state index in [0.717, 1.165) is 23.0 Å². The van der Waals surface area contributed by atoms with Crippen LogP contribution >= 0.6 is 11.8 Å². The Kier molecular flexibility index (Phi) is 5.11. The van der Waals surface area contributed by atoms with E-state index < -0.39 is 0 Å². The molecule has 0 spiro atoms. The number of amidine groups is 1. The van der Waals surface area contributed by atoms with Gasteiger partial charge in [-0.2, -0.15) is 0 Å². The predicted molar refractivity (Wildman–Crippen MR) is 93.1 cm³/mol. The van der Waals surface area contributed by atoms with Gasteiger partial charge in [-0.15, -0.1) is 0 Å². The van der Waals surface area contributed by atoms with Crippen molar-refractivity contribution in [1.82, 2.24) is 4.90 Å². The van der Waals surface area contributed by atoms with Gasteiger partial charge in [0.2, 0.25) is 0 Å². The highest BCUT2D eigenvalue weighted by Gasteiger charge is 2.27. The number of aliphatic imine (C=N–C) groups is 1. The number of hydrogen-bond acceptors (Lipinski definition) is 4. The number of aryl methyl sites for hydroxylation is 2. The van der Waals surface area contributed by atoms with Crippen LogP contribution in [0.3, 0.4) is 0 Å². The Morgan fingerprint density at radius 3 is 2.50 bits per heavy atom. The molecule has 1 fully saturated rings. The zero-order valence-corrected chi connectivity index (χ0v) is 14.6. The number of thioether (sulfide) groups is 1. The van der Waals surface area contributed by atoms with Crippen molar-refractivity contribution in [2.75, 3.05) is 12.8 Å². The molecule has 2 rings (SSSR count). The molecule has 1 heterocycles. The van der Waals surface area contributed by atoms with Crippen molar-refractivity contribution in [3.63, 3.8) is 0 Å². The molecule has 1 unspecified atom stereocenters. The molecule has 1 aromatic rings. The van der Waals surface area contributed by atoms with Crippen LogP contribution in [0, 0.1) is 29.9 Å². The molecule has 0 N–H and O–H groups in total. The molecule has 0 radical (unpaired) electrons. The highest BCUT2D eigenvalue weighted by atomic mass is 32.2. The van der Waals surface area contributed by atoms with E-state index in [0.29, 0.717) is 23.1 Å². The van der Waals surface area contributed by atoms with Gasteiger partial charge < -0.3 is 4.90 Å². The van der Waals surface area contributed by atoms with Gasteiger partial charge in [0.05, 0.1) is 10.6 Å². The molecule has 0 amide bonds. The molecule has 5 nitrogen and oxygen atoms in total.